The minimum atomic E-state index is 0.0329. The van der Waals surface area contributed by atoms with Crippen molar-refractivity contribution in [3.8, 4) is 0 Å². The number of allylic oxidation sites excluding steroid dienone is 3. The lowest BCUT2D eigenvalue weighted by molar-refractivity contribution is -0.121. The molecule has 0 aromatic carbocycles. The third-order valence-electron chi connectivity index (χ3n) is 3.84. The van der Waals surface area contributed by atoms with Crippen LogP contribution in [-0.4, -0.2) is 19.5 Å². The van der Waals surface area contributed by atoms with Crippen molar-refractivity contribution < 1.29 is 9.53 Å². The van der Waals surface area contributed by atoms with Crippen molar-refractivity contribution in [2.24, 2.45) is 5.92 Å². The molecule has 0 bridgehead atoms. The normalized spacial score (nSPS) is 19.0. The number of unbranched alkanes of at least 4 members (excludes halogenated alkanes) is 3. The highest BCUT2D eigenvalue weighted by atomic mass is 16.5. The molecule has 0 amide bonds. The molecule has 2 nitrogen and oxygen atoms in total. The molecule has 0 heterocycles. The van der Waals surface area contributed by atoms with Gasteiger partial charge in [0.25, 0.3) is 0 Å². The second-order valence-electron chi connectivity index (χ2n) is 5.42. The molecular formula is C17H28O2. The average molecular weight is 264 g/mol. The molecule has 1 unspecified atom stereocenters. The second kappa shape index (κ2) is 9.08. The van der Waals surface area contributed by atoms with E-state index in [-0.39, 0.29) is 5.92 Å². The van der Waals surface area contributed by atoms with Gasteiger partial charge in [0.05, 0.1) is 5.92 Å². The van der Waals surface area contributed by atoms with Gasteiger partial charge in [-0.25, -0.2) is 0 Å². The third-order valence-corrected chi connectivity index (χ3v) is 3.84. The third kappa shape index (κ3) is 5.32. The van der Waals surface area contributed by atoms with Crippen molar-refractivity contribution in [1.82, 2.24) is 0 Å². The minimum absolute atomic E-state index is 0.0329. The van der Waals surface area contributed by atoms with Crippen LogP contribution < -0.4 is 0 Å². The zero-order valence-corrected chi connectivity index (χ0v) is 12.7. The Bertz CT molecular complexity index is 339. The molecule has 1 aliphatic carbocycles. The summed E-state index contributed by atoms with van der Waals surface area (Å²) in [6.45, 7) is 4.99. The molecule has 0 aromatic heterocycles. The number of hydrogen-bond acceptors (Lipinski definition) is 2. The molecule has 19 heavy (non-hydrogen) atoms. The predicted octanol–water partition coefficient (Wildman–Crippen LogP) is 4.46. The van der Waals surface area contributed by atoms with Crippen LogP contribution in [0.15, 0.2) is 23.3 Å². The zero-order valence-electron chi connectivity index (χ0n) is 12.7. The molecule has 0 saturated heterocycles. The molecule has 0 aromatic rings. The molecule has 1 aliphatic rings. The van der Waals surface area contributed by atoms with Crippen LogP contribution in [0.2, 0.25) is 0 Å². The van der Waals surface area contributed by atoms with Crippen molar-refractivity contribution in [2.45, 2.75) is 58.8 Å². The van der Waals surface area contributed by atoms with Crippen molar-refractivity contribution >= 4 is 5.78 Å². The van der Waals surface area contributed by atoms with E-state index in [2.05, 4.69) is 26.0 Å². The summed E-state index contributed by atoms with van der Waals surface area (Å²) in [5.41, 5.74) is 2.50. The fourth-order valence-electron chi connectivity index (χ4n) is 2.72. The Hall–Kier alpha value is -0.890. The average Bonchev–Trinajstić information content (AvgIpc) is 2.41. The zero-order chi connectivity index (χ0) is 14.1. The topological polar surface area (TPSA) is 26.3 Å². The lowest BCUT2D eigenvalue weighted by Gasteiger charge is -2.23. The van der Waals surface area contributed by atoms with Crippen LogP contribution in [-0.2, 0) is 9.53 Å². The van der Waals surface area contributed by atoms with E-state index in [1.54, 1.807) is 7.11 Å². The van der Waals surface area contributed by atoms with Crippen molar-refractivity contribution in [3.05, 3.63) is 23.3 Å². The van der Waals surface area contributed by atoms with Crippen LogP contribution in [0.4, 0.5) is 0 Å². The first-order chi connectivity index (χ1) is 9.20. The van der Waals surface area contributed by atoms with Crippen molar-refractivity contribution in [1.29, 1.82) is 0 Å². The summed E-state index contributed by atoms with van der Waals surface area (Å²) in [5, 5.41) is 0. The van der Waals surface area contributed by atoms with E-state index in [1.807, 2.05) is 0 Å². The number of ketones is 1. The van der Waals surface area contributed by atoms with Gasteiger partial charge in [-0.05, 0) is 26.2 Å². The van der Waals surface area contributed by atoms with E-state index in [0.29, 0.717) is 12.4 Å². The molecule has 0 fully saturated rings. The maximum absolute atomic E-state index is 12.4. The van der Waals surface area contributed by atoms with Crippen LogP contribution in [0.3, 0.4) is 0 Å². The Balaban J connectivity index is 2.54. The molecule has 1 atom stereocenters. The maximum atomic E-state index is 12.4. The van der Waals surface area contributed by atoms with Gasteiger partial charge >= 0.3 is 0 Å². The predicted molar refractivity (Wildman–Crippen MR) is 80.2 cm³/mol. The molecule has 0 aliphatic heterocycles. The number of carbonyl (C=O) groups excluding carboxylic acids is 1. The quantitative estimate of drug-likeness (QED) is 0.454. The van der Waals surface area contributed by atoms with Crippen molar-refractivity contribution in [3.63, 3.8) is 0 Å². The number of rotatable bonds is 9. The first-order valence-electron chi connectivity index (χ1n) is 7.58. The number of methoxy groups -OCH3 is 1. The van der Waals surface area contributed by atoms with E-state index in [0.717, 1.165) is 25.7 Å². The van der Waals surface area contributed by atoms with Gasteiger partial charge in [-0.1, -0.05) is 49.5 Å². The second-order valence-corrected chi connectivity index (χ2v) is 5.42. The lowest BCUT2D eigenvalue weighted by Crippen LogP contribution is -2.21. The smallest absolute Gasteiger partial charge is 0.144 e. The molecule has 0 N–H and O–H groups in total. The summed E-state index contributed by atoms with van der Waals surface area (Å²) in [7, 11) is 1.72. The van der Waals surface area contributed by atoms with Crippen LogP contribution in [0, 0.1) is 5.92 Å². The number of ether oxygens (including phenoxy) is 1. The van der Waals surface area contributed by atoms with Gasteiger partial charge in [0.15, 0.2) is 0 Å². The van der Waals surface area contributed by atoms with Crippen LogP contribution in [0.5, 0.6) is 0 Å². The SMILES string of the molecule is CCCCCCC(=O)C1C(C)=CCC=C1CCOC. The largest absolute Gasteiger partial charge is 0.384 e. The van der Waals surface area contributed by atoms with Crippen LogP contribution >= 0.6 is 0 Å². The Morgan fingerprint density at radius 3 is 2.79 bits per heavy atom. The first-order valence-corrected chi connectivity index (χ1v) is 7.58. The fourth-order valence-corrected chi connectivity index (χ4v) is 2.72. The van der Waals surface area contributed by atoms with E-state index < -0.39 is 0 Å². The van der Waals surface area contributed by atoms with Gasteiger partial charge in [-0.2, -0.15) is 0 Å². The monoisotopic (exact) mass is 264 g/mol. The Labute approximate surface area is 117 Å². The van der Waals surface area contributed by atoms with Crippen molar-refractivity contribution in [2.75, 3.05) is 13.7 Å². The highest BCUT2D eigenvalue weighted by Crippen LogP contribution is 2.30. The Morgan fingerprint density at radius 1 is 1.32 bits per heavy atom. The number of Topliss-reactive ketones (excluding diaryl/α,β-unsaturated/α-hetero) is 1. The van der Waals surface area contributed by atoms with Gasteiger partial charge in [-0.3, -0.25) is 4.79 Å². The highest BCUT2D eigenvalue weighted by molar-refractivity contribution is 5.86. The van der Waals surface area contributed by atoms with Gasteiger partial charge in [0, 0.05) is 20.1 Å². The van der Waals surface area contributed by atoms with E-state index >= 15 is 0 Å². The minimum Gasteiger partial charge on any atom is -0.384 e. The summed E-state index contributed by atoms with van der Waals surface area (Å²) < 4.78 is 5.15. The van der Waals surface area contributed by atoms with E-state index in [9.17, 15) is 4.79 Å². The summed E-state index contributed by atoms with van der Waals surface area (Å²) in [6, 6.07) is 0. The van der Waals surface area contributed by atoms with Crippen LogP contribution in [0.1, 0.15) is 58.8 Å². The van der Waals surface area contributed by atoms with Gasteiger partial charge in [0.1, 0.15) is 5.78 Å². The van der Waals surface area contributed by atoms with Crippen LogP contribution in [0.25, 0.3) is 0 Å². The molecule has 2 heteroatoms. The first kappa shape index (κ1) is 16.2. The molecule has 0 saturated carbocycles. The standard InChI is InChI=1S/C17H28O2/c1-4-5-6-7-11-16(18)17-14(2)9-8-10-15(17)12-13-19-3/h9-10,17H,4-8,11-13H2,1-3H3. The molecule has 0 spiro atoms. The van der Waals surface area contributed by atoms with Gasteiger partial charge < -0.3 is 4.74 Å². The van der Waals surface area contributed by atoms with E-state index in [4.69, 9.17) is 4.74 Å². The summed E-state index contributed by atoms with van der Waals surface area (Å²) in [5.74, 6) is 0.428. The summed E-state index contributed by atoms with van der Waals surface area (Å²) in [4.78, 5) is 12.4. The Kier molecular flexibility index (Phi) is 7.73. The number of hydrogen-bond donors (Lipinski definition) is 0. The summed E-state index contributed by atoms with van der Waals surface area (Å²) >= 11 is 0. The molecule has 108 valence electrons. The Morgan fingerprint density at radius 2 is 2.11 bits per heavy atom. The fraction of sp³-hybridized carbons (Fsp3) is 0.706. The lowest BCUT2D eigenvalue weighted by atomic mass is 9.81. The molecule has 1 rings (SSSR count). The maximum Gasteiger partial charge on any atom is 0.144 e. The summed E-state index contributed by atoms with van der Waals surface area (Å²) in [6.07, 6.45) is 11.6. The molecule has 0 radical (unpaired) electrons. The molecular weight excluding hydrogens is 236 g/mol. The number of carbonyl (C=O) groups is 1. The highest BCUT2D eigenvalue weighted by Gasteiger charge is 2.25. The van der Waals surface area contributed by atoms with E-state index in [1.165, 1.54) is 30.4 Å². The van der Waals surface area contributed by atoms with Gasteiger partial charge in [-0.15, -0.1) is 0 Å². The van der Waals surface area contributed by atoms with Gasteiger partial charge in [0.2, 0.25) is 0 Å².